The average molecular weight is 388 g/mol. The summed E-state index contributed by atoms with van der Waals surface area (Å²) in [5.41, 5.74) is 1.89. The molecule has 1 atom stereocenters. The van der Waals surface area contributed by atoms with Crippen LogP contribution in [0, 0.1) is 0 Å². The van der Waals surface area contributed by atoms with Crippen LogP contribution >= 0.6 is 0 Å². The van der Waals surface area contributed by atoms with Gasteiger partial charge in [-0.3, -0.25) is 9.59 Å². The molecule has 1 aliphatic heterocycles. The third kappa shape index (κ3) is 4.24. The highest BCUT2D eigenvalue weighted by Crippen LogP contribution is 2.26. The summed E-state index contributed by atoms with van der Waals surface area (Å²) in [6.07, 6.45) is 1.46. The lowest BCUT2D eigenvalue weighted by Gasteiger charge is -2.18. The predicted molar refractivity (Wildman–Crippen MR) is 114 cm³/mol. The molecule has 3 aromatic carbocycles. The zero-order chi connectivity index (χ0) is 20.2. The Kier molecular flexibility index (Phi) is 5.47. The summed E-state index contributed by atoms with van der Waals surface area (Å²) in [6, 6.07) is 21.4. The summed E-state index contributed by atoms with van der Waals surface area (Å²) < 4.78 is 5.68. The number of ether oxygens (including phenoxy) is 1. The fourth-order valence-electron chi connectivity index (χ4n) is 3.80. The van der Waals surface area contributed by atoms with Gasteiger partial charge in [0.05, 0.1) is 6.04 Å². The van der Waals surface area contributed by atoms with Crippen LogP contribution in [0.4, 0.5) is 5.69 Å². The molecule has 0 aromatic heterocycles. The Bertz CT molecular complexity index is 1040. The number of carbonyl (C=O) groups is 2. The van der Waals surface area contributed by atoms with Gasteiger partial charge >= 0.3 is 0 Å². The summed E-state index contributed by atoms with van der Waals surface area (Å²) in [5, 5.41) is 5.29. The molecular weight excluding hydrogens is 364 g/mol. The molecule has 1 N–H and O–H groups in total. The first-order chi connectivity index (χ1) is 14.1. The fraction of sp³-hybridized carbons (Fsp3) is 0.250. The van der Waals surface area contributed by atoms with Crippen molar-refractivity contribution in [1.82, 2.24) is 5.32 Å². The fourth-order valence-corrected chi connectivity index (χ4v) is 3.80. The van der Waals surface area contributed by atoms with E-state index in [0.717, 1.165) is 35.0 Å². The second kappa shape index (κ2) is 8.35. The van der Waals surface area contributed by atoms with Crippen molar-refractivity contribution in [1.29, 1.82) is 0 Å². The van der Waals surface area contributed by atoms with Crippen molar-refractivity contribution in [2.45, 2.75) is 25.8 Å². The van der Waals surface area contributed by atoms with E-state index in [1.807, 2.05) is 49.4 Å². The van der Waals surface area contributed by atoms with Crippen LogP contribution in [0.5, 0.6) is 5.75 Å². The second-order valence-electron chi connectivity index (χ2n) is 7.29. The molecule has 0 bridgehead atoms. The molecular formula is C24H24N2O3. The van der Waals surface area contributed by atoms with Crippen molar-refractivity contribution in [2.75, 3.05) is 18.1 Å². The standard InChI is InChI=1S/C24H24N2O3/c1-17(21-12-4-8-18-7-2-3-11-22(18)21)25-23(27)16-29-20-10-5-9-19(15-20)26-14-6-13-24(26)28/h2-5,7-12,15,17H,6,13-14,16H2,1H3,(H,25,27)/t17-/m0/s1. The van der Waals surface area contributed by atoms with Crippen LogP contribution in [0.15, 0.2) is 66.7 Å². The van der Waals surface area contributed by atoms with Gasteiger partial charge in [0.2, 0.25) is 5.91 Å². The number of benzene rings is 3. The number of nitrogens with one attached hydrogen (secondary N) is 1. The Balaban J connectivity index is 1.38. The highest BCUT2D eigenvalue weighted by atomic mass is 16.5. The Morgan fingerprint density at radius 2 is 1.90 bits per heavy atom. The van der Waals surface area contributed by atoms with E-state index in [-0.39, 0.29) is 24.5 Å². The maximum atomic E-state index is 12.4. The lowest BCUT2D eigenvalue weighted by Crippen LogP contribution is -2.31. The van der Waals surface area contributed by atoms with Gasteiger partial charge in [-0.25, -0.2) is 0 Å². The van der Waals surface area contributed by atoms with Gasteiger partial charge in [-0.05, 0) is 41.8 Å². The highest BCUT2D eigenvalue weighted by molar-refractivity contribution is 5.95. The maximum Gasteiger partial charge on any atom is 0.258 e. The minimum absolute atomic E-state index is 0.0769. The number of amides is 2. The van der Waals surface area contributed by atoms with E-state index in [4.69, 9.17) is 4.74 Å². The number of anilines is 1. The molecule has 29 heavy (non-hydrogen) atoms. The Morgan fingerprint density at radius 3 is 2.72 bits per heavy atom. The van der Waals surface area contributed by atoms with Crippen molar-refractivity contribution in [3.05, 3.63) is 72.3 Å². The van der Waals surface area contributed by atoms with E-state index in [0.29, 0.717) is 12.2 Å². The summed E-state index contributed by atoms with van der Waals surface area (Å²) >= 11 is 0. The number of carbonyl (C=O) groups excluding carboxylic acids is 2. The zero-order valence-electron chi connectivity index (χ0n) is 16.4. The molecule has 0 unspecified atom stereocenters. The molecule has 0 radical (unpaired) electrons. The zero-order valence-corrected chi connectivity index (χ0v) is 16.4. The molecule has 0 saturated carbocycles. The summed E-state index contributed by atoms with van der Waals surface area (Å²) in [7, 11) is 0. The predicted octanol–water partition coefficient (Wildman–Crippen LogP) is 4.22. The first-order valence-electron chi connectivity index (χ1n) is 9.92. The number of rotatable bonds is 6. The van der Waals surface area contributed by atoms with E-state index in [9.17, 15) is 9.59 Å². The van der Waals surface area contributed by atoms with Gasteiger partial charge in [-0.15, -0.1) is 0 Å². The van der Waals surface area contributed by atoms with E-state index in [2.05, 4.69) is 23.5 Å². The average Bonchev–Trinajstić information content (AvgIpc) is 3.18. The molecule has 2 amide bonds. The third-order valence-corrected chi connectivity index (χ3v) is 5.24. The van der Waals surface area contributed by atoms with Crippen LogP contribution in [0.25, 0.3) is 10.8 Å². The van der Waals surface area contributed by atoms with Gasteiger partial charge in [-0.2, -0.15) is 0 Å². The second-order valence-corrected chi connectivity index (χ2v) is 7.29. The van der Waals surface area contributed by atoms with E-state index >= 15 is 0 Å². The van der Waals surface area contributed by atoms with Crippen LogP contribution < -0.4 is 15.0 Å². The lowest BCUT2D eigenvalue weighted by molar-refractivity contribution is -0.123. The minimum Gasteiger partial charge on any atom is -0.484 e. The summed E-state index contributed by atoms with van der Waals surface area (Å²) in [5.74, 6) is 0.520. The third-order valence-electron chi connectivity index (χ3n) is 5.24. The van der Waals surface area contributed by atoms with Crippen LogP contribution in [0.2, 0.25) is 0 Å². The monoisotopic (exact) mass is 388 g/mol. The Morgan fingerprint density at radius 1 is 1.10 bits per heavy atom. The number of fused-ring (bicyclic) bond motifs is 1. The molecule has 5 heteroatoms. The minimum atomic E-state index is -0.187. The van der Waals surface area contributed by atoms with Crippen LogP contribution in [-0.4, -0.2) is 25.0 Å². The van der Waals surface area contributed by atoms with Gasteiger partial charge in [0.15, 0.2) is 6.61 Å². The SMILES string of the molecule is C[C@H](NC(=O)COc1cccc(N2CCCC2=O)c1)c1cccc2ccccc12. The molecule has 0 aliphatic carbocycles. The van der Waals surface area contributed by atoms with Crippen molar-refractivity contribution >= 4 is 28.3 Å². The quantitative estimate of drug-likeness (QED) is 0.688. The molecule has 1 heterocycles. The number of hydrogen-bond acceptors (Lipinski definition) is 3. The summed E-state index contributed by atoms with van der Waals surface area (Å²) in [4.78, 5) is 26.1. The molecule has 1 saturated heterocycles. The van der Waals surface area contributed by atoms with Crippen molar-refractivity contribution in [3.8, 4) is 5.75 Å². The molecule has 4 rings (SSSR count). The largest absolute Gasteiger partial charge is 0.484 e. The van der Waals surface area contributed by atoms with Gasteiger partial charge < -0.3 is 15.0 Å². The van der Waals surface area contributed by atoms with E-state index in [1.54, 1.807) is 11.0 Å². The van der Waals surface area contributed by atoms with Crippen LogP contribution in [0.1, 0.15) is 31.4 Å². The molecule has 3 aromatic rings. The van der Waals surface area contributed by atoms with Crippen molar-refractivity contribution in [3.63, 3.8) is 0 Å². The van der Waals surface area contributed by atoms with Gasteiger partial charge in [0.1, 0.15) is 5.75 Å². The highest BCUT2D eigenvalue weighted by Gasteiger charge is 2.22. The van der Waals surface area contributed by atoms with Crippen molar-refractivity contribution in [2.24, 2.45) is 0 Å². The number of hydrogen-bond donors (Lipinski definition) is 1. The first-order valence-corrected chi connectivity index (χ1v) is 9.92. The normalized spacial score (nSPS) is 14.8. The molecule has 148 valence electrons. The maximum absolute atomic E-state index is 12.4. The van der Waals surface area contributed by atoms with Gasteiger partial charge in [0.25, 0.3) is 5.91 Å². The molecule has 5 nitrogen and oxygen atoms in total. The topological polar surface area (TPSA) is 58.6 Å². The molecule has 1 aliphatic rings. The van der Waals surface area contributed by atoms with E-state index in [1.165, 1.54) is 0 Å². The smallest absolute Gasteiger partial charge is 0.258 e. The van der Waals surface area contributed by atoms with E-state index < -0.39 is 0 Å². The summed E-state index contributed by atoms with van der Waals surface area (Å²) in [6.45, 7) is 2.62. The Hall–Kier alpha value is -3.34. The van der Waals surface area contributed by atoms with Gasteiger partial charge in [-0.1, -0.05) is 48.5 Å². The molecule has 0 spiro atoms. The van der Waals surface area contributed by atoms with Crippen LogP contribution in [0.3, 0.4) is 0 Å². The molecule has 1 fully saturated rings. The van der Waals surface area contributed by atoms with Crippen molar-refractivity contribution < 1.29 is 14.3 Å². The van der Waals surface area contributed by atoms with Crippen LogP contribution in [-0.2, 0) is 9.59 Å². The first kappa shape index (κ1) is 19.0. The lowest BCUT2D eigenvalue weighted by atomic mass is 10.00. The number of nitrogens with zero attached hydrogens (tertiary/aromatic N) is 1. The Labute approximate surface area is 170 Å². The van der Waals surface area contributed by atoms with Gasteiger partial charge in [0, 0.05) is 24.7 Å².